The summed E-state index contributed by atoms with van der Waals surface area (Å²) in [6.45, 7) is 2.26. The molecule has 10 heteroatoms. The maximum atomic E-state index is 12.6. The maximum Gasteiger partial charge on any atom is 0.471 e. The van der Waals surface area contributed by atoms with Crippen molar-refractivity contribution in [1.29, 1.82) is 0 Å². The molecule has 0 amide bonds. The first-order valence-electron chi connectivity index (χ1n) is 7.91. The molecule has 25 heavy (non-hydrogen) atoms. The summed E-state index contributed by atoms with van der Waals surface area (Å²) in [5.74, 6) is -1.50. The Labute approximate surface area is 142 Å². The molecule has 6 nitrogen and oxygen atoms in total. The first kappa shape index (κ1) is 18.1. The predicted molar refractivity (Wildman–Crippen MR) is 85.9 cm³/mol. The van der Waals surface area contributed by atoms with E-state index >= 15 is 0 Å². The number of hydrogen-bond acceptors (Lipinski definition) is 4. The third kappa shape index (κ3) is 4.68. The molecule has 2 aromatic rings. The van der Waals surface area contributed by atoms with Crippen molar-refractivity contribution < 1.29 is 22.3 Å². The number of benzene rings is 1. The van der Waals surface area contributed by atoms with Crippen molar-refractivity contribution in [3.8, 4) is 11.4 Å². The molecule has 1 aliphatic carbocycles. The van der Waals surface area contributed by atoms with E-state index in [1.165, 1.54) is 0 Å². The maximum absolute atomic E-state index is 12.6. The minimum absolute atomic E-state index is 0.124. The van der Waals surface area contributed by atoms with Gasteiger partial charge in [0.25, 0.3) is 0 Å². The Balaban J connectivity index is 1.64. The summed E-state index contributed by atoms with van der Waals surface area (Å²) in [5.41, 5.74) is 1.27. The van der Waals surface area contributed by atoms with Crippen molar-refractivity contribution in [2.75, 3.05) is 6.16 Å². The molecule has 1 fully saturated rings. The Morgan fingerprint density at radius 2 is 1.96 bits per heavy atom. The second-order valence-electron chi connectivity index (χ2n) is 5.91. The first-order valence-corrected chi connectivity index (χ1v) is 9.80. The number of rotatable bonds is 7. The highest BCUT2D eigenvalue weighted by atomic mass is 31.2. The molecular weight excluding hydrogens is 356 g/mol. The van der Waals surface area contributed by atoms with Crippen molar-refractivity contribution in [2.24, 2.45) is 0 Å². The average molecular weight is 374 g/mol. The second-order valence-corrected chi connectivity index (χ2v) is 8.60. The molecule has 0 aliphatic heterocycles. The lowest BCUT2D eigenvalue weighted by atomic mass is 10.1. The van der Waals surface area contributed by atoms with Crippen molar-refractivity contribution in [3.63, 3.8) is 0 Å². The smallest absolute Gasteiger partial charge is 0.329 e. The van der Waals surface area contributed by atoms with Gasteiger partial charge in [0.15, 0.2) is 0 Å². The number of aromatic nitrogens is 2. The van der Waals surface area contributed by atoms with Crippen LogP contribution in [0.4, 0.5) is 13.2 Å². The van der Waals surface area contributed by atoms with Gasteiger partial charge in [0.05, 0.1) is 0 Å². The highest BCUT2D eigenvalue weighted by Gasteiger charge is 2.38. The standard InChI is InChI=1S/C15H18F3N4O2P/c1-2-25(23,22-12-7-8-12)19-9-10-3-5-11(6-4-10)13-20-14(24-21-13)15(16,17)18/h3-6,12H,2,7-9H2,1H3,(H2,19,22,23). The Kier molecular flexibility index (Phi) is 4.99. The van der Waals surface area contributed by atoms with Crippen LogP contribution in [0.25, 0.3) is 11.4 Å². The number of alkyl halides is 3. The molecule has 0 spiro atoms. The summed E-state index contributed by atoms with van der Waals surface area (Å²) < 4.78 is 54.3. The summed E-state index contributed by atoms with van der Waals surface area (Å²) in [6.07, 6.45) is -2.06. The zero-order valence-electron chi connectivity index (χ0n) is 13.5. The van der Waals surface area contributed by atoms with Crippen molar-refractivity contribution in [3.05, 3.63) is 35.7 Å². The lowest BCUT2D eigenvalue weighted by Gasteiger charge is -2.19. The van der Waals surface area contributed by atoms with Crippen LogP contribution < -0.4 is 10.2 Å². The molecule has 1 unspecified atom stereocenters. The van der Waals surface area contributed by atoms with E-state index in [2.05, 4.69) is 24.8 Å². The van der Waals surface area contributed by atoms with Crippen LogP contribution >= 0.6 is 7.44 Å². The molecule has 3 rings (SSSR count). The third-order valence-corrected chi connectivity index (χ3v) is 6.17. The van der Waals surface area contributed by atoms with Crippen LogP contribution in [0.15, 0.2) is 28.8 Å². The van der Waals surface area contributed by atoms with Gasteiger partial charge < -0.3 is 4.52 Å². The van der Waals surface area contributed by atoms with Crippen LogP contribution in [-0.4, -0.2) is 22.3 Å². The molecule has 0 bridgehead atoms. The van der Waals surface area contributed by atoms with E-state index in [-0.39, 0.29) is 5.82 Å². The van der Waals surface area contributed by atoms with Gasteiger partial charge in [0.1, 0.15) is 0 Å². The van der Waals surface area contributed by atoms with Gasteiger partial charge in [-0.05, 0) is 18.4 Å². The van der Waals surface area contributed by atoms with Crippen LogP contribution in [-0.2, 0) is 17.3 Å². The number of halogens is 3. The summed E-state index contributed by atoms with van der Waals surface area (Å²) in [4.78, 5) is 3.35. The van der Waals surface area contributed by atoms with Crippen molar-refractivity contribution >= 4 is 7.44 Å². The van der Waals surface area contributed by atoms with Crippen LogP contribution in [0, 0.1) is 0 Å². The lowest BCUT2D eigenvalue weighted by molar-refractivity contribution is -0.159. The van der Waals surface area contributed by atoms with Crippen LogP contribution in [0.2, 0.25) is 0 Å². The van der Waals surface area contributed by atoms with Gasteiger partial charge in [-0.2, -0.15) is 18.2 Å². The van der Waals surface area contributed by atoms with E-state index in [9.17, 15) is 17.7 Å². The van der Waals surface area contributed by atoms with E-state index in [1.54, 1.807) is 24.3 Å². The summed E-state index contributed by atoms with van der Waals surface area (Å²) in [7, 11) is -2.61. The van der Waals surface area contributed by atoms with Gasteiger partial charge in [0, 0.05) is 24.3 Å². The fourth-order valence-corrected chi connectivity index (χ4v) is 3.99. The van der Waals surface area contributed by atoms with E-state index in [0.717, 1.165) is 18.4 Å². The molecule has 2 N–H and O–H groups in total. The minimum Gasteiger partial charge on any atom is -0.329 e. The van der Waals surface area contributed by atoms with Gasteiger partial charge in [-0.3, -0.25) is 14.7 Å². The average Bonchev–Trinajstić information content (AvgIpc) is 3.23. The Hall–Kier alpha value is -1.70. The highest BCUT2D eigenvalue weighted by molar-refractivity contribution is 7.59. The molecular formula is C15H18F3N4O2P. The Bertz CT molecular complexity index is 772. The van der Waals surface area contributed by atoms with Gasteiger partial charge in [-0.15, -0.1) is 0 Å². The van der Waals surface area contributed by atoms with Gasteiger partial charge in [0.2, 0.25) is 13.3 Å². The van der Waals surface area contributed by atoms with Gasteiger partial charge in [-0.25, -0.2) is 0 Å². The zero-order chi connectivity index (χ0) is 18.1. The second kappa shape index (κ2) is 6.90. The molecule has 1 aromatic heterocycles. The Morgan fingerprint density at radius 3 is 2.48 bits per heavy atom. The molecule has 0 saturated heterocycles. The monoisotopic (exact) mass is 374 g/mol. The van der Waals surface area contributed by atoms with E-state index in [1.807, 2.05) is 6.92 Å². The summed E-state index contributed by atoms with van der Waals surface area (Å²) in [6, 6.07) is 6.99. The molecule has 136 valence electrons. The predicted octanol–water partition coefficient (Wildman–Crippen LogP) is 3.81. The summed E-state index contributed by atoms with van der Waals surface area (Å²) >= 11 is 0. The van der Waals surface area contributed by atoms with Crippen molar-refractivity contribution in [2.45, 2.75) is 38.5 Å². The minimum atomic E-state index is -4.66. The molecule has 1 aromatic carbocycles. The largest absolute Gasteiger partial charge is 0.471 e. The third-order valence-electron chi connectivity index (χ3n) is 3.83. The Morgan fingerprint density at radius 1 is 1.28 bits per heavy atom. The number of nitrogens with zero attached hydrogens (tertiary/aromatic N) is 2. The van der Waals surface area contributed by atoms with E-state index in [0.29, 0.717) is 24.3 Å². The fraction of sp³-hybridized carbons (Fsp3) is 0.467. The molecule has 1 heterocycles. The molecule has 0 radical (unpaired) electrons. The fourth-order valence-electron chi connectivity index (χ4n) is 2.20. The van der Waals surface area contributed by atoms with Crippen LogP contribution in [0.1, 0.15) is 31.2 Å². The molecule has 1 aliphatic rings. The zero-order valence-corrected chi connectivity index (χ0v) is 14.4. The SMILES string of the molecule is CCP(=O)(NCc1ccc(-c2noc(C(F)(F)F)n2)cc1)NC1CC1. The van der Waals surface area contributed by atoms with Crippen molar-refractivity contribution in [1.82, 2.24) is 20.3 Å². The molecule has 1 saturated carbocycles. The van der Waals surface area contributed by atoms with Crippen LogP contribution in [0.3, 0.4) is 0 Å². The first-order chi connectivity index (χ1) is 11.8. The van der Waals surface area contributed by atoms with Crippen LogP contribution in [0.5, 0.6) is 0 Å². The normalized spacial score (nSPS) is 17.4. The highest BCUT2D eigenvalue weighted by Crippen LogP contribution is 2.40. The lowest BCUT2D eigenvalue weighted by Crippen LogP contribution is -2.25. The topological polar surface area (TPSA) is 80.1 Å². The number of nitrogens with one attached hydrogen (secondary N) is 2. The summed E-state index contributed by atoms with van der Waals surface area (Å²) in [5, 5.41) is 9.55. The van der Waals surface area contributed by atoms with E-state index in [4.69, 9.17) is 0 Å². The number of hydrogen-bond donors (Lipinski definition) is 2. The van der Waals surface area contributed by atoms with Gasteiger partial charge in [-0.1, -0.05) is 36.3 Å². The quantitative estimate of drug-likeness (QED) is 0.718. The molecule has 1 atom stereocenters. The van der Waals surface area contributed by atoms with Gasteiger partial charge >= 0.3 is 12.1 Å². The van der Waals surface area contributed by atoms with E-state index < -0.39 is 19.5 Å².